The zero-order valence-electron chi connectivity index (χ0n) is 16.3. The number of carbonyl (C=O) groups excluding carboxylic acids is 1. The van der Waals surface area contributed by atoms with Gasteiger partial charge in [-0.3, -0.25) is 4.79 Å². The van der Waals surface area contributed by atoms with Crippen LogP contribution in [0.5, 0.6) is 11.5 Å². The number of hydrogen-bond acceptors (Lipinski definition) is 5. The maximum Gasteiger partial charge on any atom is 0.231 e. The molecule has 0 fully saturated rings. The van der Waals surface area contributed by atoms with E-state index < -0.39 is 5.91 Å². The van der Waals surface area contributed by atoms with E-state index in [-0.39, 0.29) is 6.54 Å². The number of carbonyl (C=O) groups is 1. The first-order valence-corrected chi connectivity index (χ1v) is 9.37. The Hall–Kier alpha value is -2.90. The molecule has 0 saturated carbocycles. The highest BCUT2D eigenvalue weighted by molar-refractivity contribution is 5.78. The van der Waals surface area contributed by atoms with Crippen LogP contribution in [0.1, 0.15) is 18.3 Å². The van der Waals surface area contributed by atoms with Crippen LogP contribution in [0.15, 0.2) is 42.5 Å². The van der Waals surface area contributed by atoms with Crippen LogP contribution in [0.4, 0.5) is 0 Å². The Bertz CT molecular complexity index is 935. The molecule has 7 nitrogen and oxygen atoms in total. The van der Waals surface area contributed by atoms with Gasteiger partial charge in [0.05, 0.1) is 30.7 Å². The third kappa shape index (κ3) is 5.09. The Morgan fingerprint density at radius 2 is 1.93 bits per heavy atom. The molecule has 1 amide bonds. The summed E-state index contributed by atoms with van der Waals surface area (Å²) in [5.41, 5.74) is 8.21. The molecule has 0 unspecified atom stereocenters. The SMILES string of the molecule is CCOCCn1c(CNCC(N)=O)nc2ccc(Oc3ccc(C)cc3)cc21. The summed E-state index contributed by atoms with van der Waals surface area (Å²) in [5.74, 6) is 1.95. The molecule has 0 aliphatic rings. The largest absolute Gasteiger partial charge is 0.457 e. The molecule has 1 aromatic heterocycles. The lowest BCUT2D eigenvalue weighted by Gasteiger charge is -2.11. The number of fused-ring (bicyclic) bond motifs is 1. The number of benzene rings is 2. The molecule has 0 spiro atoms. The zero-order valence-corrected chi connectivity index (χ0v) is 16.3. The number of ether oxygens (including phenoxy) is 2. The molecule has 28 heavy (non-hydrogen) atoms. The second kappa shape index (κ2) is 9.34. The van der Waals surface area contributed by atoms with E-state index >= 15 is 0 Å². The van der Waals surface area contributed by atoms with Crippen molar-refractivity contribution in [1.82, 2.24) is 14.9 Å². The minimum Gasteiger partial charge on any atom is -0.457 e. The van der Waals surface area contributed by atoms with E-state index in [1.165, 1.54) is 5.56 Å². The number of nitrogens with one attached hydrogen (secondary N) is 1. The van der Waals surface area contributed by atoms with Crippen LogP contribution in [-0.4, -0.2) is 35.2 Å². The molecule has 0 bridgehead atoms. The van der Waals surface area contributed by atoms with Crippen molar-refractivity contribution in [2.75, 3.05) is 19.8 Å². The number of hydrogen-bond donors (Lipinski definition) is 2. The third-order valence-corrected chi connectivity index (χ3v) is 4.30. The summed E-state index contributed by atoms with van der Waals surface area (Å²) in [7, 11) is 0. The van der Waals surface area contributed by atoms with Crippen LogP contribution >= 0.6 is 0 Å². The van der Waals surface area contributed by atoms with Gasteiger partial charge in [0.1, 0.15) is 17.3 Å². The number of nitrogens with two attached hydrogens (primary N) is 1. The van der Waals surface area contributed by atoms with E-state index in [0.717, 1.165) is 28.4 Å². The van der Waals surface area contributed by atoms with Crippen molar-refractivity contribution >= 4 is 16.9 Å². The maximum atomic E-state index is 11.0. The molecular weight excluding hydrogens is 356 g/mol. The molecule has 0 saturated heterocycles. The summed E-state index contributed by atoms with van der Waals surface area (Å²) in [6.07, 6.45) is 0. The van der Waals surface area contributed by atoms with Gasteiger partial charge in [0.2, 0.25) is 5.91 Å². The predicted molar refractivity (Wildman–Crippen MR) is 108 cm³/mol. The van der Waals surface area contributed by atoms with Gasteiger partial charge in [-0.2, -0.15) is 0 Å². The van der Waals surface area contributed by atoms with Gasteiger partial charge in [0.25, 0.3) is 0 Å². The molecule has 0 atom stereocenters. The highest BCUT2D eigenvalue weighted by atomic mass is 16.5. The smallest absolute Gasteiger partial charge is 0.231 e. The average molecular weight is 382 g/mol. The van der Waals surface area contributed by atoms with Crippen molar-refractivity contribution in [1.29, 1.82) is 0 Å². The Morgan fingerprint density at radius 3 is 2.64 bits per heavy atom. The van der Waals surface area contributed by atoms with Crippen LogP contribution in [0.2, 0.25) is 0 Å². The lowest BCUT2D eigenvalue weighted by molar-refractivity contribution is -0.117. The van der Waals surface area contributed by atoms with Crippen molar-refractivity contribution < 1.29 is 14.3 Å². The van der Waals surface area contributed by atoms with Crippen molar-refractivity contribution in [3.63, 3.8) is 0 Å². The van der Waals surface area contributed by atoms with Crippen LogP contribution in [-0.2, 0) is 22.6 Å². The maximum absolute atomic E-state index is 11.0. The monoisotopic (exact) mass is 382 g/mol. The molecule has 148 valence electrons. The highest BCUT2D eigenvalue weighted by Gasteiger charge is 2.12. The van der Waals surface area contributed by atoms with E-state index in [0.29, 0.717) is 26.3 Å². The molecule has 3 N–H and O–H groups in total. The lowest BCUT2D eigenvalue weighted by Crippen LogP contribution is -2.29. The zero-order chi connectivity index (χ0) is 19.9. The molecule has 0 radical (unpaired) electrons. The minimum absolute atomic E-state index is 0.108. The number of imidazole rings is 1. The molecule has 0 aliphatic heterocycles. The molecule has 3 aromatic rings. The minimum atomic E-state index is -0.397. The van der Waals surface area contributed by atoms with Crippen LogP contribution in [0, 0.1) is 6.92 Å². The molecule has 1 heterocycles. The van der Waals surface area contributed by atoms with E-state index in [1.54, 1.807) is 0 Å². The Balaban J connectivity index is 1.86. The fourth-order valence-electron chi connectivity index (χ4n) is 2.94. The Labute approximate surface area is 164 Å². The van der Waals surface area contributed by atoms with Gasteiger partial charge in [-0.05, 0) is 38.1 Å². The fraction of sp³-hybridized carbons (Fsp3) is 0.333. The highest BCUT2D eigenvalue weighted by Crippen LogP contribution is 2.26. The third-order valence-electron chi connectivity index (χ3n) is 4.30. The van der Waals surface area contributed by atoms with Crippen molar-refractivity contribution in [2.45, 2.75) is 26.9 Å². The van der Waals surface area contributed by atoms with E-state index in [1.807, 2.05) is 56.3 Å². The summed E-state index contributed by atoms with van der Waals surface area (Å²) in [4.78, 5) is 15.7. The van der Waals surface area contributed by atoms with Gasteiger partial charge in [0.15, 0.2) is 0 Å². The summed E-state index contributed by atoms with van der Waals surface area (Å²) in [5, 5.41) is 3.02. The van der Waals surface area contributed by atoms with Crippen LogP contribution in [0.3, 0.4) is 0 Å². The first-order chi connectivity index (χ1) is 13.6. The molecule has 3 rings (SSSR count). The van der Waals surface area contributed by atoms with Gasteiger partial charge in [-0.15, -0.1) is 0 Å². The predicted octanol–water partition coefficient (Wildman–Crippen LogP) is 2.75. The van der Waals surface area contributed by atoms with Gasteiger partial charge < -0.3 is 25.1 Å². The molecule has 2 aromatic carbocycles. The van der Waals surface area contributed by atoms with Crippen molar-refractivity contribution in [2.24, 2.45) is 5.73 Å². The summed E-state index contributed by atoms with van der Waals surface area (Å²) in [6, 6.07) is 13.8. The number of aromatic nitrogens is 2. The van der Waals surface area contributed by atoms with Crippen LogP contribution < -0.4 is 15.8 Å². The summed E-state index contributed by atoms with van der Waals surface area (Å²) in [6.45, 7) is 6.45. The second-order valence-corrected chi connectivity index (χ2v) is 6.51. The van der Waals surface area contributed by atoms with E-state index in [9.17, 15) is 4.79 Å². The first-order valence-electron chi connectivity index (χ1n) is 9.37. The number of amides is 1. The summed E-state index contributed by atoms with van der Waals surface area (Å²) < 4.78 is 13.6. The van der Waals surface area contributed by atoms with Gasteiger partial charge in [-0.25, -0.2) is 4.98 Å². The topological polar surface area (TPSA) is 91.4 Å². The number of nitrogens with zero attached hydrogens (tertiary/aromatic N) is 2. The van der Waals surface area contributed by atoms with Gasteiger partial charge in [-0.1, -0.05) is 17.7 Å². The molecular formula is C21H26N4O3. The van der Waals surface area contributed by atoms with Crippen molar-refractivity contribution in [3.8, 4) is 11.5 Å². The molecule has 7 heteroatoms. The fourth-order valence-corrected chi connectivity index (χ4v) is 2.94. The molecule has 0 aliphatic carbocycles. The first kappa shape index (κ1) is 19.9. The van der Waals surface area contributed by atoms with Crippen molar-refractivity contribution in [3.05, 3.63) is 53.9 Å². The van der Waals surface area contributed by atoms with Gasteiger partial charge in [0, 0.05) is 19.2 Å². The Morgan fingerprint density at radius 1 is 1.18 bits per heavy atom. The number of primary amides is 1. The normalized spacial score (nSPS) is 11.1. The standard InChI is InChI=1S/C21H26N4O3/c1-3-27-11-10-25-19-12-17(28-16-6-4-15(2)5-7-16)8-9-18(19)24-21(25)14-23-13-20(22)26/h4-9,12,23H,3,10-11,13-14H2,1-2H3,(H2,22,26). The number of rotatable bonds is 10. The number of aryl methyl sites for hydroxylation is 1. The van der Waals surface area contributed by atoms with E-state index in [4.69, 9.17) is 15.2 Å². The Kier molecular flexibility index (Phi) is 6.62. The summed E-state index contributed by atoms with van der Waals surface area (Å²) >= 11 is 0. The average Bonchev–Trinajstić information content (AvgIpc) is 3.01. The van der Waals surface area contributed by atoms with Gasteiger partial charge >= 0.3 is 0 Å². The quantitative estimate of drug-likeness (QED) is 0.526. The lowest BCUT2D eigenvalue weighted by atomic mass is 10.2. The van der Waals surface area contributed by atoms with Crippen LogP contribution in [0.25, 0.3) is 11.0 Å². The van der Waals surface area contributed by atoms with E-state index in [2.05, 4.69) is 14.9 Å². The second-order valence-electron chi connectivity index (χ2n) is 6.51.